The van der Waals surface area contributed by atoms with Crippen molar-refractivity contribution in [1.29, 1.82) is 0 Å². The zero-order valence-electron chi connectivity index (χ0n) is 16.7. The van der Waals surface area contributed by atoms with E-state index in [-0.39, 0.29) is 11.1 Å². The van der Waals surface area contributed by atoms with Crippen LogP contribution in [0.3, 0.4) is 0 Å². The molecule has 3 aromatic rings. The third-order valence-corrected chi connectivity index (χ3v) is 6.57. The zero-order valence-corrected chi connectivity index (χ0v) is 16.7. The molecule has 0 radical (unpaired) electrons. The van der Waals surface area contributed by atoms with Gasteiger partial charge >= 0.3 is 11.9 Å². The van der Waals surface area contributed by atoms with Gasteiger partial charge in [-0.3, -0.25) is 0 Å². The molecule has 0 unspecified atom stereocenters. The van der Waals surface area contributed by atoms with Crippen molar-refractivity contribution < 1.29 is 19.4 Å². The van der Waals surface area contributed by atoms with Crippen molar-refractivity contribution in [2.24, 2.45) is 0 Å². The van der Waals surface area contributed by atoms with Crippen LogP contribution in [0.25, 0.3) is 0 Å². The molecule has 6 rings (SSSR count). The van der Waals surface area contributed by atoms with Gasteiger partial charge in [0.05, 0.1) is 11.1 Å². The highest BCUT2D eigenvalue weighted by atomic mass is 16.6. The summed E-state index contributed by atoms with van der Waals surface area (Å²) in [5.41, 5.74) is 5.65. The molecule has 3 aromatic carbocycles. The molecule has 31 heavy (non-hydrogen) atoms. The number of carbonyl (C=O) groups excluding carboxylic acids is 1. The van der Waals surface area contributed by atoms with Crippen LogP contribution in [0.1, 0.15) is 48.5 Å². The summed E-state index contributed by atoms with van der Waals surface area (Å²) in [6.07, 6.45) is 1.78. The van der Waals surface area contributed by atoms with Crippen molar-refractivity contribution in [2.45, 2.75) is 18.4 Å². The van der Waals surface area contributed by atoms with Gasteiger partial charge in [-0.05, 0) is 54.3 Å². The second-order valence-corrected chi connectivity index (χ2v) is 8.20. The lowest BCUT2D eigenvalue weighted by molar-refractivity contribution is 0.0249. The fourth-order valence-corrected chi connectivity index (χ4v) is 5.13. The molecule has 0 saturated heterocycles. The fraction of sp³-hybridized carbons (Fsp3) is 0.200. The van der Waals surface area contributed by atoms with E-state index in [0.29, 0.717) is 5.56 Å². The van der Waals surface area contributed by atoms with E-state index in [1.54, 1.807) is 6.07 Å². The molecule has 6 heteroatoms. The van der Waals surface area contributed by atoms with Crippen molar-refractivity contribution in [1.82, 2.24) is 0 Å². The summed E-state index contributed by atoms with van der Waals surface area (Å²) in [6, 6.07) is 17.1. The fourth-order valence-electron chi connectivity index (χ4n) is 5.13. The van der Waals surface area contributed by atoms with Gasteiger partial charge in [0.1, 0.15) is 0 Å². The monoisotopic (exact) mass is 412 g/mol. The molecule has 3 heterocycles. The quantitative estimate of drug-likeness (QED) is 0.568. The minimum atomic E-state index is -1.19. The molecule has 154 valence electrons. The zero-order chi connectivity index (χ0) is 21.2. The van der Waals surface area contributed by atoms with E-state index < -0.39 is 17.5 Å². The maximum absolute atomic E-state index is 13.1. The summed E-state index contributed by atoms with van der Waals surface area (Å²) in [4.78, 5) is 25.0. The Labute approximate surface area is 178 Å². The van der Waals surface area contributed by atoms with E-state index in [1.165, 1.54) is 17.2 Å². The second kappa shape index (κ2) is 6.35. The van der Waals surface area contributed by atoms with Crippen LogP contribution in [0.5, 0.6) is 0 Å². The summed E-state index contributed by atoms with van der Waals surface area (Å²) in [6.45, 7) is 1.74. The standard InChI is InChI=1S/C25H20N2O4/c28-23(29)18-2-1-3-19-22(18)24(30)31-25(19,16-4-6-20-14(12-16)8-10-26-20)17-5-7-21-15(13-17)9-11-27-21/h1-7,12-13,26-27H,8-11H2,(H,28,29). The molecule has 0 amide bonds. The third kappa shape index (κ3) is 2.45. The lowest BCUT2D eigenvalue weighted by Crippen LogP contribution is -2.29. The van der Waals surface area contributed by atoms with Gasteiger partial charge < -0.3 is 20.5 Å². The number of nitrogens with one attached hydrogen (secondary N) is 2. The smallest absolute Gasteiger partial charge is 0.341 e. The molecule has 3 aliphatic heterocycles. The minimum absolute atomic E-state index is 0.0324. The number of ether oxygens (including phenoxy) is 1. The number of fused-ring (bicyclic) bond motifs is 3. The molecular formula is C25H20N2O4. The van der Waals surface area contributed by atoms with Gasteiger partial charge in [-0.1, -0.05) is 24.3 Å². The van der Waals surface area contributed by atoms with Crippen LogP contribution in [0, 0.1) is 0 Å². The highest BCUT2D eigenvalue weighted by molar-refractivity contribution is 6.06. The number of benzene rings is 3. The van der Waals surface area contributed by atoms with Gasteiger partial charge in [0.25, 0.3) is 0 Å². The van der Waals surface area contributed by atoms with E-state index in [0.717, 1.165) is 48.4 Å². The maximum Gasteiger partial charge on any atom is 0.341 e. The Balaban J connectivity index is 1.66. The number of carbonyl (C=O) groups is 2. The largest absolute Gasteiger partial charge is 0.478 e. The van der Waals surface area contributed by atoms with Gasteiger partial charge in [-0.25, -0.2) is 9.59 Å². The predicted molar refractivity (Wildman–Crippen MR) is 116 cm³/mol. The van der Waals surface area contributed by atoms with Crippen molar-refractivity contribution in [2.75, 3.05) is 23.7 Å². The first-order chi connectivity index (χ1) is 15.1. The number of carboxylic acids is 1. The SMILES string of the molecule is O=C(O)c1cccc2c1C(=O)OC2(c1ccc2c(c1)CCN2)c1ccc2c(c1)CCN2. The van der Waals surface area contributed by atoms with E-state index in [9.17, 15) is 14.7 Å². The summed E-state index contributed by atoms with van der Waals surface area (Å²) < 4.78 is 6.16. The number of aromatic carboxylic acids is 1. The van der Waals surface area contributed by atoms with E-state index in [4.69, 9.17) is 4.74 Å². The number of rotatable bonds is 3. The highest BCUT2D eigenvalue weighted by Gasteiger charge is 2.50. The van der Waals surface area contributed by atoms with Gasteiger partial charge in [0.2, 0.25) is 0 Å². The average molecular weight is 412 g/mol. The Morgan fingerprint density at radius 3 is 2.10 bits per heavy atom. The number of hydrogen-bond donors (Lipinski definition) is 3. The number of anilines is 2. The number of hydrogen-bond acceptors (Lipinski definition) is 5. The van der Waals surface area contributed by atoms with Gasteiger partial charge in [-0.2, -0.15) is 0 Å². The summed E-state index contributed by atoms with van der Waals surface area (Å²) in [5.74, 6) is -1.74. The molecule has 3 aliphatic rings. The number of carboxylic acid groups (broad SMARTS) is 1. The van der Waals surface area contributed by atoms with Crippen LogP contribution in [0.15, 0.2) is 54.6 Å². The van der Waals surface area contributed by atoms with Gasteiger partial charge in [0, 0.05) is 41.2 Å². The van der Waals surface area contributed by atoms with Gasteiger partial charge in [0.15, 0.2) is 5.60 Å². The maximum atomic E-state index is 13.1. The lowest BCUT2D eigenvalue weighted by Gasteiger charge is -2.31. The number of cyclic esters (lactones) is 1. The van der Waals surface area contributed by atoms with Crippen molar-refractivity contribution in [3.05, 3.63) is 93.5 Å². The van der Waals surface area contributed by atoms with E-state index in [2.05, 4.69) is 22.8 Å². The normalized spacial score (nSPS) is 17.2. The first-order valence-electron chi connectivity index (χ1n) is 10.4. The van der Waals surface area contributed by atoms with Crippen LogP contribution < -0.4 is 10.6 Å². The molecule has 0 bridgehead atoms. The molecule has 0 spiro atoms. The molecular weight excluding hydrogens is 392 g/mol. The first kappa shape index (κ1) is 18.0. The van der Waals surface area contributed by atoms with Crippen molar-refractivity contribution >= 4 is 23.3 Å². The van der Waals surface area contributed by atoms with E-state index >= 15 is 0 Å². The Morgan fingerprint density at radius 2 is 1.52 bits per heavy atom. The molecule has 0 fully saturated rings. The highest BCUT2D eigenvalue weighted by Crippen LogP contribution is 2.49. The molecule has 0 aliphatic carbocycles. The van der Waals surface area contributed by atoms with Crippen molar-refractivity contribution in [3.8, 4) is 0 Å². The Morgan fingerprint density at radius 1 is 0.903 bits per heavy atom. The lowest BCUT2D eigenvalue weighted by atomic mass is 9.78. The molecule has 0 saturated carbocycles. The Kier molecular flexibility index (Phi) is 3.69. The summed E-state index contributed by atoms with van der Waals surface area (Å²) in [5, 5.41) is 16.4. The van der Waals surface area contributed by atoms with E-state index in [1.807, 2.05) is 30.3 Å². The van der Waals surface area contributed by atoms with Crippen LogP contribution >= 0.6 is 0 Å². The number of esters is 1. The molecule has 6 nitrogen and oxygen atoms in total. The third-order valence-electron chi connectivity index (χ3n) is 6.57. The predicted octanol–water partition coefficient (Wildman–Crippen LogP) is 3.78. The van der Waals surface area contributed by atoms with Crippen LogP contribution in [0.2, 0.25) is 0 Å². The Bertz CT molecular complexity index is 1220. The molecule has 3 N–H and O–H groups in total. The summed E-state index contributed by atoms with van der Waals surface area (Å²) >= 11 is 0. The van der Waals surface area contributed by atoms with Crippen molar-refractivity contribution in [3.63, 3.8) is 0 Å². The second-order valence-electron chi connectivity index (χ2n) is 8.20. The van der Waals surface area contributed by atoms with Crippen LogP contribution in [-0.4, -0.2) is 30.1 Å². The minimum Gasteiger partial charge on any atom is -0.478 e. The average Bonchev–Trinajstić information content (AvgIpc) is 3.50. The molecule has 0 aromatic heterocycles. The Hall–Kier alpha value is -3.80. The molecule has 0 atom stereocenters. The topological polar surface area (TPSA) is 87.7 Å². The first-order valence-corrected chi connectivity index (χ1v) is 10.4. The van der Waals surface area contributed by atoms with Crippen LogP contribution in [0.4, 0.5) is 11.4 Å². The van der Waals surface area contributed by atoms with Crippen LogP contribution in [-0.2, 0) is 23.2 Å². The summed E-state index contributed by atoms with van der Waals surface area (Å²) in [7, 11) is 0. The van der Waals surface area contributed by atoms with Gasteiger partial charge in [-0.15, -0.1) is 0 Å².